The number of fused-ring (bicyclic) bond motifs is 2. The molecule has 2 aliphatic rings. The third-order valence-electron chi connectivity index (χ3n) is 6.39. The minimum atomic E-state index is -0.858. The summed E-state index contributed by atoms with van der Waals surface area (Å²) in [5.74, 6) is -2.09. The van der Waals surface area contributed by atoms with E-state index >= 15 is 0 Å². The van der Waals surface area contributed by atoms with Crippen LogP contribution in [0.15, 0.2) is 59.9 Å². The molecule has 1 aromatic heterocycles. The van der Waals surface area contributed by atoms with E-state index in [1.165, 1.54) is 16.7 Å². The molecule has 1 amide bonds. The molecule has 4 atom stereocenters. The number of amides is 1. The van der Waals surface area contributed by atoms with Gasteiger partial charge in [0.2, 0.25) is 5.91 Å². The zero-order valence-electron chi connectivity index (χ0n) is 16.8. The summed E-state index contributed by atoms with van der Waals surface area (Å²) in [6, 6.07) is 11.7. The van der Waals surface area contributed by atoms with Gasteiger partial charge in [-0.1, -0.05) is 23.3 Å². The predicted molar refractivity (Wildman–Crippen MR) is 111 cm³/mol. The van der Waals surface area contributed by atoms with E-state index in [0.29, 0.717) is 5.69 Å². The minimum Gasteiger partial charge on any atom is -0.481 e. The van der Waals surface area contributed by atoms with Gasteiger partial charge in [0.25, 0.3) is 0 Å². The van der Waals surface area contributed by atoms with E-state index in [1.807, 2.05) is 50.2 Å². The highest BCUT2D eigenvalue weighted by molar-refractivity contribution is 5.96. The number of allylic oxidation sites excluding steroid dienone is 2. The molecule has 2 fully saturated rings. The van der Waals surface area contributed by atoms with Crippen LogP contribution in [0.3, 0.4) is 0 Å². The summed E-state index contributed by atoms with van der Waals surface area (Å²) >= 11 is 0. The number of benzene rings is 1. The quantitative estimate of drug-likeness (QED) is 0.746. The number of carboxylic acids is 1. The fourth-order valence-corrected chi connectivity index (χ4v) is 5.27. The second-order valence-electron chi connectivity index (χ2n) is 8.35. The summed E-state index contributed by atoms with van der Waals surface area (Å²) in [4.78, 5) is 29.0. The summed E-state index contributed by atoms with van der Waals surface area (Å²) in [6.45, 7) is 4.06. The number of aromatic nitrogens is 1. The van der Waals surface area contributed by atoms with Crippen LogP contribution >= 0.6 is 0 Å². The Bertz CT molecular complexity index is 946. The van der Waals surface area contributed by atoms with Gasteiger partial charge in [-0.15, -0.1) is 0 Å². The van der Waals surface area contributed by atoms with Gasteiger partial charge in [-0.2, -0.15) is 0 Å². The van der Waals surface area contributed by atoms with E-state index in [0.717, 1.165) is 24.8 Å². The van der Waals surface area contributed by atoms with Crippen LogP contribution < -0.4 is 5.32 Å². The molecule has 2 aromatic rings. The summed E-state index contributed by atoms with van der Waals surface area (Å²) in [5.41, 5.74) is 5.39. The largest absolute Gasteiger partial charge is 0.481 e. The van der Waals surface area contributed by atoms with Crippen LogP contribution in [0, 0.1) is 23.7 Å². The number of nitrogens with one attached hydrogen (secondary N) is 1. The molecule has 0 aliphatic heterocycles. The molecule has 0 radical (unpaired) electrons. The molecular weight excluding hydrogens is 364 g/mol. The van der Waals surface area contributed by atoms with E-state index in [2.05, 4.69) is 10.3 Å². The number of aliphatic carboxylic acids is 1. The number of carbonyl (C=O) groups excluding carboxylic acids is 1. The molecule has 2 N–H and O–H groups in total. The molecule has 1 aromatic carbocycles. The van der Waals surface area contributed by atoms with Gasteiger partial charge in [0.1, 0.15) is 0 Å². The van der Waals surface area contributed by atoms with Crippen LogP contribution in [0.4, 0.5) is 5.69 Å². The summed E-state index contributed by atoms with van der Waals surface area (Å²) in [6.07, 6.45) is 6.12. The molecule has 150 valence electrons. The fourth-order valence-electron chi connectivity index (χ4n) is 5.27. The zero-order chi connectivity index (χ0) is 20.5. The van der Waals surface area contributed by atoms with Crippen molar-refractivity contribution in [3.63, 3.8) is 0 Å². The fraction of sp³-hybridized carbons (Fsp3) is 0.375. The molecule has 0 unspecified atom stereocenters. The van der Waals surface area contributed by atoms with E-state index in [-0.39, 0.29) is 17.7 Å². The van der Waals surface area contributed by atoms with Gasteiger partial charge < -0.3 is 10.4 Å². The Morgan fingerprint density at radius 2 is 1.55 bits per heavy atom. The van der Waals surface area contributed by atoms with Crippen molar-refractivity contribution < 1.29 is 14.7 Å². The maximum atomic E-state index is 13.1. The summed E-state index contributed by atoms with van der Waals surface area (Å²) in [7, 11) is 0. The van der Waals surface area contributed by atoms with Gasteiger partial charge in [-0.05, 0) is 80.3 Å². The van der Waals surface area contributed by atoms with Crippen molar-refractivity contribution in [2.75, 3.05) is 5.32 Å². The predicted octanol–water partition coefficient (Wildman–Crippen LogP) is 4.30. The van der Waals surface area contributed by atoms with Crippen molar-refractivity contribution in [2.45, 2.75) is 33.1 Å². The third kappa shape index (κ3) is 3.69. The Morgan fingerprint density at radius 3 is 2.14 bits per heavy atom. The van der Waals surface area contributed by atoms with Gasteiger partial charge in [-0.3, -0.25) is 14.6 Å². The Hall–Kier alpha value is -2.95. The first-order valence-corrected chi connectivity index (χ1v) is 10.1. The highest BCUT2D eigenvalue weighted by Crippen LogP contribution is 2.57. The van der Waals surface area contributed by atoms with Crippen molar-refractivity contribution in [2.24, 2.45) is 23.7 Å². The van der Waals surface area contributed by atoms with E-state index in [4.69, 9.17) is 0 Å². The van der Waals surface area contributed by atoms with Crippen molar-refractivity contribution in [3.05, 3.63) is 71.1 Å². The molecule has 2 aliphatic carbocycles. The maximum absolute atomic E-state index is 13.1. The van der Waals surface area contributed by atoms with Gasteiger partial charge in [0.05, 0.1) is 11.8 Å². The Morgan fingerprint density at radius 1 is 0.966 bits per heavy atom. The molecule has 2 saturated carbocycles. The molecule has 5 heteroatoms. The molecular formula is C24H26N2O3. The molecule has 0 spiro atoms. The van der Waals surface area contributed by atoms with Gasteiger partial charge in [0.15, 0.2) is 0 Å². The molecule has 1 heterocycles. The van der Waals surface area contributed by atoms with E-state index < -0.39 is 17.8 Å². The molecule has 5 nitrogen and oxygen atoms in total. The summed E-state index contributed by atoms with van der Waals surface area (Å²) in [5, 5.41) is 12.8. The number of rotatable bonds is 5. The number of carbonyl (C=O) groups is 2. The van der Waals surface area contributed by atoms with Crippen LogP contribution in [0.25, 0.3) is 0 Å². The smallest absolute Gasteiger partial charge is 0.307 e. The van der Waals surface area contributed by atoms with Crippen LogP contribution in [-0.4, -0.2) is 22.0 Å². The molecule has 2 bridgehead atoms. The number of anilines is 1. The summed E-state index contributed by atoms with van der Waals surface area (Å²) < 4.78 is 0. The van der Waals surface area contributed by atoms with E-state index in [9.17, 15) is 14.7 Å². The Labute approximate surface area is 170 Å². The maximum Gasteiger partial charge on any atom is 0.307 e. The second kappa shape index (κ2) is 7.82. The lowest BCUT2D eigenvalue weighted by Gasteiger charge is -2.26. The lowest BCUT2D eigenvalue weighted by molar-refractivity contribution is -0.148. The average Bonchev–Trinajstić information content (AvgIpc) is 3.27. The number of carboxylic acid groups (broad SMARTS) is 1. The first kappa shape index (κ1) is 19.4. The van der Waals surface area contributed by atoms with Crippen molar-refractivity contribution in [3.8, 4) is 0 Å². The van der Waals surface area contributed by atoms with Gasteiger partial charge in [0, 0.05) is 18.1 Å². The van der Waals surface area contributed by atoms with Crippen LogP contribution in [0.1, 0.15) is 37.8 Å². The van der Waals surface area contributed by atoms with Crippen LogP contribution in [0.2, 0.25) is 0 Å². The lowest BCUT2D eigenvalue weighted by atomic mass is 9.78. The van der Waals surface area contributed by atoms with Crippen LogP contribution in [0.5, 0.6) is 0 Å². The number of nitrogens with zero attached hydrogens (tertiary/aromatic N) is 1. The molecule has 4 rings (SSSR count). The second-order valence-corrected chi connectivity index (χ2v) is 8.35. The van der Waals surface area contributed by atoms with Crippen molar-refractivity contribution >= 4 is 17.6 Å². The van der Waals surface area contributed by atoms with E-state index in [1.54, 1.807) is 12.4 Å². The Kier molecular flexibility index (Phi) is 5.22. The average molecular weight is 390 g/mol. The van der Waals surface area contributed by atoms with Crippen molar-refractivity contribution in [1.29, 1.82) is 0 Å². The highest BCUT2D eigenvalue weighted by Gasteiger charge is 2.57. The number of pyridine rings is 1. The number of hydrogen-bond acceptors (Lipinski definition) is 3. The zero-order valence-corrected chi connectivity index (χ0v) is 16.8. The minimum absolute atomic E-state index is 0.000915. The first-order chi connectivity index (χ1) is 14.0. The molecule has 0 saturated heterocycles. The van der Waals surface area contributed by atoms with Gasteiger partial charge in [-0.25, -0.2) is 0 Å². The van der Waals surface area contributed by atoms with Crippen LogP contribution in [-0.2, 0) is 16.0 Å². The third-order valence-corrected chi connectivity index (χ3v) is 6.39. The van der Waals surface area contributed by atoms with Crippen molar-refractivity contribution in [1.82, 2.24) is 4.98 Å². The van der Waals surface area contributed by atoms with Gasteiger partial charge >= 0.3 is 5.97 Å². The number of hydrogen-bond donors (Lipinski definition) is 2. The molecule has 29 heavy (non-hydrogen) atoms. The SMILES string of the molecule is CC(C)=C1[C@H]2CC[C@@H]1[C@@H](C(=O)Nc1ccc(Cc3ccncc3)cc1)[C@@H]2C(=O)O. The topological polar surface area (TPSA) is 79.3 Å². The lowest BCUT2D eigenvalue weighted by Crippen LogP contribution is -2.37. The monoisotopic (exact) mass is 390 g/mol. The first-order valence-electron chi connectivity index (χ1n) is 10.1. The normalized spacial score (nSPS) is 25.1. The highest BCUT2D eigenvalue weighted by atomic mass is 16.4. The standard InChI is InChI=1S/C24H26N2O3/c1-14(2)20-18-7-8-19(20)22(24(28)29)21(18)23(27)26-17-5-3-15(4-6-17)13-16-9-11-25-12-10-16/h3-6,9-12,18-19,21-22H,7-8,13H2,1-2H3,(H,26,27)(H,28,29)/t18-,19+,21+,22+/m0/s1. The Balaban J connectivity index is 1.49.